The number of Topliss-reactive ketones (excluding diaryl/α,β-unsaturated/α-hetero) is 1. The molecule has 2 rings (SSSR count). The van der Waals surface area contributed by atoms with Crippen LogP contribution in [0.5, 0.6) is 0 Å². The fourth-order valence-electron chi connectivity index (χ4n) is 1.29. The van der Waals surface area contributed by atoms with Crippen molar-refractivity contribution in [3.05, 3.63) is 54.1 Å². The van der Waals surface area contributed by atoms with E-state index in [0.717, 1.165) is 0 Å². The van der Waals surface area contributed by atoms with Gasteiger partial charge in [0.2, 0.25) is 0 Å². The molecule has 3 nitrogen and oxygen atoms in total. The fraction of sp³-hybridized carbons (Fsp3) is 0.0909. The Kier molecular flexibility index (Phi) is 2.58. The summed E-state index contributed by atoms with van der Waals surface area (Å²) in [6, 6.07) is 7.38. The molecule has 0 N–H and O–H groups in total. The third-order valence-corrected chi connectivity index (χ3v) is 2.01. The number of halogens is 1. The molecule has 0 unspecified atom stereocenters. The SMILES string of the molecule is O=C(Cn1cccn1)c1cccc(F)c1. The minimum absolute atomic E-state index is 0.135. The minimum Gasteiger partial charge on any atom is -0.292 e. The maximum absolute atomic E-state index is 12.8. The Hall–Kier alpha value is -1.97. The second-order valence-corrected chi connectivity index (χ2v) is 3.14. The zero-order valence-corrected chi connectivity index (χ0v) is 7.93. The molecule has 0 aliphatic heterocycles. The lowest BCUT2D eigenvalue weighted by Crippen LogP contribution is -2.10. The number of hydrogen-bond donors (Lipinski definition) is 0. The maximum atomic E-state index is 12.8. The molecule has 1 aromatic heterocycles. The number of nitrogens with zero attached hydrogens (tertiary/aromatic N) is 2. The van der Waals surface area contributed by atoms with Gasteiger partial charge in [0, 0.05) is 18.0 Å². The van der Waals surface area contributed by atoms with Gasteiger partial charge in [-0.3, -0.25) is 9.48 Å². The van der Waals surface area contributed by atoms with Gasteiger partial charge in [0.1, 0.15) is 12.4 Å². The molecule has 4 heteroatoms. The number of aromatic nitrogens is 2. The summed E-state index contributed by atoms with van der Waals surface area (Å²) in [5.74, 6) is -0.556. The lowest BCUT2D eigenvalue weighted by molar-refractivity contribution is 0.0967. The molecule has 0 atom stereocenters. The number of hydrogen-bond acceptors (Lipinski definition) is 2. The molecule has 2 aromatic rings. The topological polar surface area (TPSA) is 34.9 Å². The molecule has 0 fully saturated rings. The van der Waals surface area contributed by atoms with Crippen LogP contribution >= 0.6 is 0 Å². The summed E-state index contributed by atoms with van der Waals surface area (Å²) >= 11 is 0. The van der Waals surface area contributed by atoms with Crippen molar-refractivity contribution in [1.29, 1.82) is 0 Å². The molecule has 0 saturated heterocycles. The van der Waals surface area contributed by atoms with E-state index in [2.05, 4.69) is 5.10 Å². The molecule has 0 saturated carbocycles. The first-order valence-electron chi connectivity index (χ1n) is 4.52. The van der Waals surface area contributed by atoms with Crippen LogP contribution in [0.4, 0.5) is 4.39 Å². The van der Waals surface area contributed by atoms with E-state index in [1.54, 1.807) is 24.5 Å². The van der Waals surface area contributed by atoms with Gasteiger partial charge in [-0.25, -0.2) is 4.39 Å². The van der Waals surface area contributed by atoms with Gasteiger partial charge in [-0.05, 0) is 18.2 Å². The van der Waals surface area contributed by atoms with Crippen LogP contribution in [0.25, 0.3) is 0 Å². The summed E-state index contributed by atoms with van der Waals surface area (Å²) in [5.41, 5.74) is 0.366. The number of ketones is 1. The molecule has 0 amide bonds. The van der Waals surface area contributed by atoms with Crippen molar-refractivity contribution in [3.8, 4) is 0 Å². The van der Waals surface area contributed by atoms with E-state index in [9.17, 15) is 9.18 Å². The smallest absolute Gasteiger partial charge is 0.184 e. The van der Waals surface area contributed by atoms with Gasteiger partial charge >= 0.3 is 0 Å². The first kappa shape index (κ1) is 9.58. The first-order valence-corrected chi connectivity index (χ1v) is 4.52. The molecule has 0 spiro atoms. The van der Waals surface area contributed by atoms with Crippen molar-refractivity contribution in [2.45, 2.75) is 6.54 Å². The standard InChI is InChI=1S/C11H9FN2O/c12-10-4-1-3-9(7-10)11(15)8-14-6-2-5-13-14/h1-7H,8H2. The highest BCUT2D eigenvalue weighted by Gasteiger charge is 2.07. The summed E-state index contributed by atoms with van der Waals surface area (Å²) in [6.07, 6.45) is 3.29. The zero-order chi connectivity index (χ0) is 10.7. The second kappa shape index (κ2) is 4.04. The largest absolute Gasteiger partial charge is 0.292 e. The van der Waals surface area contributed by atoms with Crippen molar-refractivity contribution < 1.29 is 9.18 Å². The van der Waals surface area contributed by atoms with Gasteiger partial charge in [-0.15, -0.1) is 0 Å². The number of benzene rings is 1. The van der Waals surface area contributed by atoms with Crippen LogP contribution in [0.2, 0.25) is 0 Å². The first-order chi connectivity index (χ1) is 7.25. The maximum Gasteiger partial charge on any atom is 0.184 e. The lowest BCUT2D eigenvalue weighted by atomic mass is 10.1. The molecule has 0 bridgehead atoms. The van der Waals surface area contributed by atoms with Crippen molar-refractivity contribution in [2.24, 2.45) is 0 Å². The second-order valence-electron chi connectivity index (χ2n) is 3.14. The van der Waals surface area contributed by atoms with Crippen molar-refractivity contribution in [2.75, 3.05) is 0 Å². The van der Waals surface area contributed by atoms with E-state index < -0.39 is 5.82 Å². The molecule has 15 heavy (non-hydrogen) atoms. The van der Waals surface area contributed by atoms with Crippen LogP contribution in [0, 0.1) is 5.82 Å². The van der Waals surface area contributed by atoms with E-state index in [1.165, 1.54) is 22.9 Å². The Labute approximate surface area is 86.2 Å². The highest BCUT2D eigenvalue weighted by molar-refractivity contribution is 5.95. The summed E-state index contributed by atoms with van der Waals surface area (Å²) in [7, 11) is 0. The molecular weight excluding hydrogens is 195 g/mol. The van der Waals surface area contributed by atoms with Crippen LogP contribution in [0.15, 0.2) is 42.7 Å². The highest BCUT2D eigenvalue weighted by atomic mass is 19.1. The van der Waals surface area contributed by atoms with Crippen LogP contribution in [-0.4, -0.2) is 15.6 Å². The van der Waals surface area contributed by atoms with E-state index >= 15 is 0 Å². The van der Waals surface area contributed by atoms with E-state index in [4.69, 9.17) is 0 Å². The molecular formula is C11H9FN2O. The van der Waals surface area contributed by atoms with Crippen LogP contribution in [-0.2, 0) is 6.54 Å². The minimum atomic E-state index is -0.402. The monoisotopic (exact) mass is 204 g/mol. The molecule has 0 aliphatic carbocycles. The fourth-order valence-corrected chi connectivity index (χ4v) is 1.29. The zero-order valence-electron chi connectivity index (χ0n) is 7.93. The van der Waals surface area contributed by atoms with E-state index in [0.29, 0.717) is 5.56 Å². The third kappa shape index (κ3) is 2.28. The van der Waals surface area contributed by atoms with Gasteiger partial charge < -0.3 is 0 Å². The number of carbonyl (C=O) groups excluding carboxylic acids is 1. The molecule has 76 valence electrons. The van der Waals surface area contributed by atoms with Gasteiger partial charge in [0.05, 0.1) is 0 Å². The molecule has 1 heterocycles. The van der Waals surface area contributed by atoms with Crippen molar-refractivity contribution in [1.82, 2.24) is 9.78 Å². The number of rotatable bonds is 3. The summed E-state index contributed by atoms with van der Waals surface area (Å²) in [5, 5.41) is 3.91. The Bertz CT molecular complexity index is 465. The molecule has 0 aliphatic rings. The van der Waals surface area contributed by atoms with Crippen LogP contribution in [0.3, 0.4) is 0 Å². The Morgan fingerprint density at radius 1 is 1.40 bits per heavy atom. The average Bonchev–Trinajstić information content (AvgIpc) is 2.70. The van der Waals surface area contributed by atoms with Gasteiger partial charge in [-0.2, -0.15) is 5.10 Å². The third-order valence-electron chi connectivity index (χ3n) is 2.01. The normalized spacial score (nSPS) is 10.2. The lowest BCUT2D eigenvalue weighted by Gasteiger charge is -2.01. The molecule has 0 radical (unpaired) electrons. The van der Waals surface area contributed by atoms with Gasteiger partial charge in [0.15, 0.2) is 5.78 Å². The number of carbonyl (C=O) groups is 1. The Balaban J connectivity index is 2.15. The van der Waals surface area contributed by atoms with Crippen molar-refractivity contribution >= 4 is 5.78 Å². The van der Waals surface area contributed by atoms with E-state index in [1.807, 2.05) is 0 Å². The summed E-state index contributed by atoms with van der Waals surface area (Å²) < 4.78 is 14.3. The summed E-state index contributed by atoms with van der Waals surface area (Å²) in [6.45, 7) is 0.135. The molecule has 1 aromatic carbocycles. The highest BCUT2D eigenvalue weighted by Crippen LogP contribution is 2.05. The van der Waals surface area contributed by atoms with Gasteiger partial charge in [0.25, 0.3) is 0 Å². The Morgan fingerprint density at radius 2 is 2.27 bits per heavy atom. The van der Waals surface area contributed by atoms with Gasteiger partial charge in [-0.1, -0.05) is 12.1 Å². The van der Waals surface area contributed by atoms with Crippen LogP contribution in [0.1, 0.15) is 10.4 Å². The predicted octanol–water partition coefficient (Wildman–Crippen LogP) is 1.91. The van der Waals surface area contributed by atoms with Crippen molar-refractivity contribution in [3.63, 3.8) is 0 Å². The van der Waals surface area contributed by atoms with E-state index in [-0.39, 0.29) is 12.3 Å². The summed E-state index contributed by atoms with van der Waals surface area (Å²) in [4.78, 5) is 11.6. The average molecular weight is 204 g/mol. The predicted molar refractivity (Wildman–Crippen MR) is 53.0 cm³/mol. The van der Waals surface area contributed by atoms with Crippen LogP contribution < -0.4 is 0 Å². The quantitative estimate of drug-likeness (QED) is 0.716. The Morgan fingerprint density at radius 3 is 2.93 bits per heavy atom.